The highest BCUT2D eigenvalue weighted by Gasteiger charge is 2.03. The van der Waals surface area contributed by atoms with Crippen LogP contribution < -0.4 is 14.9 Å². The van der Waals surface area contributed by atoms with Crippen LogP contribution in [-0.2, 0) is 6.54 Å². The van der Waals surface area contributed by atoms with Crippen molar-refractivity contribution in [1.29, 1.82) is 0 Å². The Bertz CT molecular complexity index is 538. The summed E-state index contributed by atoms with van der Waals surface area (Å²) in [5, 5.41) is 6.19. The van der Waals surface area contributed by atoms with E-state index in [2.05, 4.69) is 10.5 Å². The van der Waals surface area contributed by atoms with Gasteiger partial charge in [0.15, 0.2) is 11.5 Å². The zero-order valence-corrected chi connectivity index (χ0v) is 11.7. The van der Waals surface area contributed by atoms with Gasteiger partial charge in [-0.3, -0.25) is 0 Å². The minimum Gasteiger partial charge on any atom is -0.493 e. The van der Waals surface area contributed by atoms with Crippen LogP contribution in [0.1, 0.15) is 10.4 Å². The standard InChI is InChI=1S/C14H16N2O2S/c1-17-13-6-5-11(8-14(13)18-2)9-15-16-10-12-4-3-7-19-12/h3-8,10,15H,9H2,1-2H3/b16-10+. The first kappa shape index (κ1) is 13.4. The van der Waals surface area contributed by atoms with Gasteiger partial charge in [0.05, 0.1) is 27.0 Å². The number of nitrogens with zero attached hydrogens (tertiary/aromatic N) is 1. The molecule has 0 amide bonds. The molecule has 0 aliphatic heterocycles. The van der Waals surface area contributed by atoms with Gasteiger partial charge in [-0.15, -0.1) is 11.3 Å². The fraction of sp³-hybridized carbons (Fsp3) is 0.214. The summed E-state index contributed by atoms with van der Waals surface area (Å²) in [6.45, 7) is 0.641. The first-order valence-corrected chi connectivity index (χ1v) is 6.72. The minimum absolute atomic E-state index is 0.641. The van der Waals surface area contributed by atoms with Crippen LogP contribution in [-0.4, -0.2) is 20.4 Å². The minimum atomic E-state index is 0.641. The number of nitrogens with one attached hydrogen (secondary N) is 1. The fourth-order valence-corrected chi connectivity index (χ4v) is 2.19. The lowest BCUT2D eigenvalue weighted by Crippen LogP contribution is -2.05. The maximum Gasteiger partial charge on any atom is 0.161 e. The Balaban J connectivity index is 1.92. The summed E-state index contributed by atoms with van der Waals surface area (Å²) < 4.78 is 10.4. The van der Waals surface area contributed by atoms with Crippen molar-refractivity contribution in [3.05, 3.63) is 46.2 Å². The van der Waals surface area contributed by atoms with Crippen LogP contribution in [0.2, 0.25) is 0 Å². The number of methoxy groups -OCH3 is 2. The second-order valence-electron chi connectivity index (χ2n) is 3.80. The summed E-state index contributed by atoms with van der Waals surface area (Å²) in [7, 11) is 3.26. The van der Waals surface area contributed by atoms with E-state index in [1.165, 1.54) is 0 Å². The van der Waals surface area contributed by atoms with Crippen molar-refractivity contribution in [1.82, 2.24) is 5.43 Å². The number of benzene rings is 1. The van der Waals surface area contributed by atoms with Crippen LogP contribution in [0.4, 0.5) is 0 Å². The molecule has 1 aromatic heterocycles. The zero-order chi connectivity index (χ0) is 13.5. The molecule has 0 bridgehead atoms. The number of hydrazone groups is 1. The van der Waals surface area contributed by atoms with Crippen LogP contribution in [0, 0.1) is 0 Å². The molecule has 0 unspecified atom stereocenters. The average Bonchev–Trinajstić information content (AvgIpc) is 2.96. The Morgan fingerprint density at radius 3 is 2.74 bits per heavy atom. The molecule has 4 nitrogen and oxygen atoms in total. The third-order valence-corrected chi connectivity index (χ3v) is 3.36. The summed E-state index contributed by atoms with van der Waals surface area (Å²) in [6, 6.07) is 9.83. The van der Waals surface area contributed by atoms with Gasteiger partial charge in [-0.2, -0.15) is 5.10 Å². The predicted molar refractivity (Wildman–Crippen MR) is 78.3 cm³/mol. The molecule has 2 aromatic rings. The largest absolute Gasteiger partial charge is 0.493 e. The molecule has 0 atom stereocenters. The molecule has 1 N–H and O–H groups in total. The van der Waals surface area contributed by atoms with Gasteiger partial charge in [-0.25, -0.2) is 0 Å². The van der Waals surface area contributed by atoms with Crippen molar-refractivity contribution >= 4 is 17.6 Å². The number of hydrogen-bond acceptors (Lipinski definition) is 5. The maximum absolute atomic E-state index is 5.25. The van der Waals surface area contributed by atoms with Crippen molar-refractivity contribution < 1.29 is 9.47 Å². The van der Waals surface area contributed by atoms with Crippen LogP contribution in [0.15, 0.2) is 40.8 Å². The summed E-state index contributed by atoms with van der Waals surface area (Å²) in [6.07, 6.45) is 1.81. The molecule has 0 aliphatic carbocycles. The molecular weight excluding hydrogens is 260 g/mol. The van der Waals surface area contributed by atoms with Crippen molar-refractivity contribution in [3.8, 4) is 11.5 Å². The number of rotatable bonds is 6. The van der Waals surface area contributed by atoms with E-state index >= 15 is 0 Å². The third kappa shape index (κ3) is 3.72. The van der Waals surface area contributed by atoms with Crippen LogP contribution in [0.3, 0.4) is 0 Å². The molecule has 19 heavy (non-hydrogen) atoms. The lowest BCUT2D eigenvalue weighted by Gasteiger charge is -2.09. The van der Waals surface area contributed by atoms with Gasteiger partial charge in [0, 0.05) is 4.88 Å². The Morgan fingerprint density at radius 1 is 1.21 bits per heavy atom. The topological polar surface area (TPSA) is 42.8 Å². The third-order valence-electron chi connectivity index (χ3n) is 2.56. The molecule has 0 fully saturated rings. The zero-order valence-electron chi connectivity index (χ0n) is 10.9. The molecule has 1 heterocycles. The van der Waals surface area contributed by atoms with E-state index in [1.54, 1.807) is 25.6 Å². The lowest BCUT2D eigenvalue weighted by atomic mass is 10.2. The molecule has 0 saturated carbocycles. The predicted octanol–water partition coefficient (Wildman–Crippen LogP) is 2.89. The highest BCUT2D eigenvalue weighted by atomic mass is 32.1. The van der Waals surface area contributed by atoms with E-state index in [9.17, 15) is 0 Å². The van der Waals surface area contributed by atoms with Crippen molar-refractivity contribution in [2.75, 3.05) is 14.2 Å². The SMILES string of the molecule is COc1ccc(CN/N=C/c2cccs2)cc1OC. The average molecular weight is 276 g/mol. The Kier molecular flexibility index (Phi) is 4.80. The Morgan fingerprint density at radius 2 is 2.05 bits per heavy atom. The van der Waals surface area contributed by atoms with Crippen LogP contribution >= 0.6 is 11.3 Å². The Hall–Kier alpha value is -2.01. The number of thiophene rings is 1. The van der Waals surface area contributed by atoms with E-state index in [-0.39, 0.29) is 0 Å². The quantitative estimate of drug-likeness (QED) is 0.651. The van der Waals surface area contributed by atoms with Gasteiger partial charge >= 0.3 is 0 Å². The highest BCUT2D eigenvalue weighted by molar-refractivity contribution is 7.11. The van der Waals surface area contributed by atoms with E-state index in [4.69, 9.17) is 9.47 Å². The summed E-state index contributed by atoms with van der Waals surface area (Å²) >= 11 is 1.65. The number of ether oxygens (including phenoxy) is 2. The van der Waals surface area contributed by atoms with E-state index in [1.807, 2.05) is 41.9 Å². The first-order valence-electron chi connectivity index (χ1n) is 5.84. The van der Waals surface area contributed by atoms with Gasteiger partial charge in [-0.05, 0) is 29.1 Å². The van der Waals surface area contributed by atoms with Crippen molar-refractivity contribution in [3.63, 3.8) is 0 Å². The molecule has 0 spiro atoms. The van der Waals surface area contributed by atoms with Crippen LogP contribution in [0.25, 0.3) is 0 Å². The summed E-state index contributed by atoms with van der Waals surface area (Å²) in [5.74, 6) is 1.46. The van der Waals surface area contributed by atoms with Crippen molar-refractivity contribution in [2.45, 2.75) is 6.54 Å². The summed E-state index contributed by atoms with van der Waals surface area (Å²) in [5.41, 5.74) is 4.09. The van der Waals surface area contributed by atoms with Gasteiger partial charge < -0.3 is 14.9 Å². The van der Waals surface area contributed by atoms with Crippen LogP contribution in [0.5, 0.6) is 11.5 Å². The molecule has 2 rings (SSSR count). The molecule has 1 aromatic carbocycles. The van der Waals surface area contributed by atoms with E-state index < -0.39 is 0 Å². The van der Waals surface area contributed by atoms with Gasteiger partial charge in [0.25, 0.3) is 0 Å². The monoisotopic (exact) mass is 276 g/mol. The maximum atomic E-state index is 5.25. The fourth-order valence-electron chi connectivity index (χ4n) is 1.60. The lowest BCUT2D eigenvalue weighted by molar-refractivity contribution is 0.354. The summed E-state index contributed by atoms with van der Waals surface area (Å²) in [4.78, 5) is 1.12. The van der Waals surface area contributed by atoms with Gasteiger partial charge in [-0.1, -0.05) is 12.1 Å². The molecule has 100 valence electrons. The van der Waals surface area contributed by atoms with E-state index in [0.29, 0.717) is 6.54 Å². The molecule has 0 aliphatic rings. The van der Waals surface area contributed by atoms with E-state index in [0.717, 1.165) is 21.9 Å². The molecule has 0 saturated heterocycles. The van der Waals surface area contributed by atoms with Crippen molar-refractivity contribution in [2.24, 2.45) is 5.10 Å². The highest BCUT2D eigenvalue weighted by Crippen LogP contribution is 2.27. The number of hydrogen-bond donors (Lipinski definition) is 1. The second-order valence-corrected chi connectivity index (χ2v) is 4.78. The smallest absolute Gasteiger partial charge is 0.161 e. The molecular formula is C14H16N2O2S. The second kappa shape index (κ2) is 6.80. The van der Waals surface area contributed by atoms with Gasteiger partial charge in [0.1, 0.15) is 0 Å². The van der Waals surface area contributed by atoms with Gasteiger partial charge in [0.2, 0.25) is 0 Å². The molecule has 5 heteroatoms. The first-order chi connectivity index (χ1) is 9.33. The normalized spacial score (nSPS) is 10.6. The molecule has 0 radical (unpaired) electrons. The Labute approximate surface area is 116 Å².